The number of benzene rings is 1. The number of methoxy groups -OCH3 is 1. The molecule has 2 aromatic rings. The van der Waals surface area contributed by atoms with Crippen molar-refractivity contribution in [2.45, 2.75) is 6.42 Å². The predicted octanol–water partition coefficient (Wildman–Crippen LogP) is 2.04. The molecule has 0 bridgehead atoms. The fourth-order valence-electron chi connectivity index (χ4n) is 2.86. The molecule has 7 nitrogen and oxygen atoms in total. The summed E-state index contributed by atoms with van der Waals surface area (Å²) in [5, 5.41) is 0. The highest BCUT2D eigenvalue weighted by Crippen LogP contribution is 2.25. The molecule has 1 aromatic carbocycles. The Morgan fingerprint density at radius 1 is 1.00 bits per heavy atom. The van der Waals surface area contributed by atoms with Gasteiger partial charge in [-0.25, -0.2) is 0 Å². The lowest BCUT2D eigenvalue weighted by Gasteiger charge is -2.34. The first-order chi connectivity index (χ1) is 12.7. The summed E-state index contributed by atoms with van der Waals surface area (Å²) in [6.07, 6.45) is 1.76. The van der Waals surface area contributed by atoms with Crippen molar-refractivity contribution in [3.05, 3.63) is 48.4 Å². The van der Waals surface area contributed by atoms with Gasteiger partial charge in [0.2, 0.25) is 5.91 Å². The molecule has 0 aliphatic carbocycles. The summed E-state index contributed by atoms with van der Waals surface area (Å²) in [4.78, 5) is 28.0. The van der Waals surface area contributed by atoms with Gasteiger partial charge in [0.25, 0.3) is 5.91 Å². The van der Waals surface area contributed by atoms with Gasteiger partial charge in [-0.2, -0.15) is 0 Å². The van der Waals surface area contributed by atoms with Crippen molar-refractivity contribution >= 4 is 11.8 Å². The molecule has 2 heterocycles. The van der Waals surface area contributed by atoms with Crippen LogP contribution in [0.1, 0.15) is 17.0 Å². The molecule has 1 aliphatic heterocycles. The smallest absolute Gasteiger partial charge is 0.289 e. The molecule has 138 valence electrons. The number of amides is 2. The zero-order chi connectivity index (χ0) is 18.4. The molecule has 3 rings (SSSR count). The number of carbonyl (C=O) groups is 2. The molecule has 1 aromatic heterocycles. The number of rotatable bonds is 6. The highest BCUT2D eigenvalue weighted by atomic mass is 16.5. The second-order valence-corrected chi connectivity index (χ2v) is 5.90. The third kappa shape index (κ3) is 4.17. The van der Waals surface area contributed by atoms with Gasteiger partial charge in [-0.1, -0.05) is 12.1 Å². The summed E-state index contributed by atoms with van der Waals surface area (Å²) < 4.78 is 16.0. The van der Waals surface area contributed by atoms with Gasteiger partial charge in [0.15, 0.2) is 17.3 Å². The zero-order valence-electron chi connectivity index (χ0n) is 14.7. The number of hydrogen-bond acceptors (Lipinski definition) is 5. The Bertz CT molecular complexity index is 736. The number of nitrogens with zero attached hydrogens (tertiary/aromatic N) is 2. The summed E-state index contributed by atoms with van der Waals surface area (Å²) in [5.74, 6) is 1.48. The summed E-state index contributed by atoms with van der Waals surface area (Å²) in [6, 6.07) is 10.7. The van der Waals surface area contributed by atoms with Crippen molar-refractivity contribution in [1.29, 1.82) is 0 Å². The second kappa shape index (κ2) is 8.42. The summed E-state index contributed by atoms with van der Waals surface area (Å²) in [6.45, 7) is 2.31. The first-order valence-electron chi connectivity index (χ1n) is 8.55. The lowest BCUT2D eigenvalue weighted by atomic mass is 10.2. The van der Waals surface area contributed by atoms with E-state index < -0.39 is 0 Å². The molecule has 0 radical (unpaired) electrons. The lowest BCUT2D eigenvalue weighted by Crippen LogP contribution is -2.50. The number of carbonyl (C=O) groups excluding carboxylic acids is 2. The van der Waals surface area contributed by atoms with E-state index in [4.69, 9.17) is 13.9 Å². The van der Waals surface area contributed by atoms with Crippen molar-refractivity contribution in [1.82, 2.24) is 9.80 Å². The molecule has 1 fully saturated rings. The fourth-order valence-corrected chi connectivity index (χ4v) is 2.86. The topological polar surface area (TPSA) is 72.2 Å². The second-order valence-electron chi connectivity index (χ2n) is 5.90. The van der Waals surface area contributed by atoms with Crippen LogP contribution in [0.15, 0.2) is 47.1 Å². The van der Waals surface area contributed by atoms with E-state index in [1.807, 2.05) is 24.3 Å². The Hall–Kier alpha value is -2.96. The quantitative estimate of drug-likeness (QED) is 0.790. The summed E-state index contributed by atoms with van der Waals surface area (Å²) in [5.41, 5.74) is 0. The Morgan fingerprint density at radius 2 is 1.69 bits per heavy atom. The lowest BCUT2D eigenvalue weighted by molar-refractivity contribution is -0.133. The van der Waals surface area contributed by atoms with E-state index in [1.54, 1.807) is 29.0 Å². The van der Waals surface area contributed by atoms with Crippen LogP contribution in [0.4, 0.5) is 0 Å². The molecule has 26 heavy (non-hydrogen) atoms. The maximum absolute atomic E-state index is 12.3. The van der Waals surface area contributed by atoms with E-state index >= 15 is 0 Å². The maximum atomic E-state index is 12.3. The van der Waals surface area contributed by atoms with Gasteiger partial charge >= 0.3 is 0 Å². The van der Waals surface area contributed by atoms with Crippen molar-refractivity contribution < 1.29 is 23.5 Å². The van der Waals surface area contributed by atoms with E-state index in [0.717, 1.165) is 0 Å². The van der Waals surface area contributed by atoms with Crippen molar-refractivity contribution in [2.75, 3.05) is 39.9 Å². The Balaban J connectivity index is 1.43. The van der Waals surface area contributed by atoms with Crippen molar-refractivity contribution in [2.24, 2.45) is 0 Å². The van der Waals surface area contributed by atoms with Gasteiger partial charge in [-0.05, 0) is 24.3 Å². The molecule has 0 spiro atoms. The van der Waals surface area contributed by atoms with Crippen LogP contribution in [0.5, 0.6) is 11.5 Å². The molecular formula is C19H22N2O5. The number of ether oxygens (including phenoxy) is 2. The number of piperazine rings is 1. The number of furan rings is 1. The van der Waals surface area contributed by atoms with Crippen LogP contribution >= 0.6 is 0 Å². The fraction of sp³-hybridized carbons (Fsp3) is 0.368. The normalized spacial score (nSPS) is 14.2. The maximum Gasteiger partial charge on any atom is 0.289 e. The SMILES string of the molecule is COc1ccccc1OCCC(=O)N1CCN(C(=O)c2ccco2)CC1. The molecule has 0 atom stereocenters. The molecular weight excluding hydrogens is 336 g/mol. The standard InChI is InChI=1S/C19H22N2O5/c1-24-15-5-2-3-6-16(15)26-14-8-18(22)20-9-11-21(12-10-20)19(23)17-7-4-13-25-17/h2-7,13H,8-12,14H2,1H3. The van der Waals surface area contributed by atoms with Crippen LogP contribution in [-0.4, -0.2) is 61.5 Å². The molecule has 2 amide bonds. The van der Waals surface area contributed by atoms with E-state index in [9.17, 15) is 9.59 Å². The molecule has 0 N–H and O–H groups in total. The molecule has 1 saturated heterocycles. The first kappa shape index (κ1) is 17.8. The molecule has 0 saturated carbocycles. The van der Waals surface area contributed by atoms with Crippen LogP contribution in [0.3, 0.4) is 0 Å². The van der Waals surface area contributed by atoms with E-state index in [0.29, 0.717) is 43.4 Å². The van der Waals surface area contributed by atoms with Gasteiger partial charge in [-0.3, -0.25) is 9.59 Å². The van der Waals surface area contributed by atoms with Crippen molar-refractivity contribution in [3.63, 3.8) is 0 Å². The van der Waals surface area contributed by atoms with Gasteiger partial charge in [0.1, 0.15) is 0 Å². The Labute approximate surface area is 152 Å². The monoisotopic (exact) mass is 358 g/mol. The van der Waals surface area contributed by atoms with E-state index in [2.05, 4.69) is 0 Å². The van der Waals surface area contributed by atoms with Crippen LogP contribution in [0.25, 0.3) is 0 Å². The van der Waals surface area contributed by atoms with Crippen molar-refractivity contribution in [3.8, 4) is 11.5 Å². The minimum atomic E-state index is -0.137. The van der Waals surface area contributed by atoms with Gasteiger partial charge in [-0.15, -0.1) is 0 Å². The molecule has 7 heteroatoms. The summed E-state index contributed by atoms with van der Waals surface area (Å²) >= 11 is 0. The zero-order valence-corrected chi connectivity index (χ0v) is 14.7. The Morgan fingerprint density at radius 3 is 2.35 bits per heavy atom. The average Bonchev–Trinajstić information content (AvgIpc) is 3.22. The minimum Gasteiger partial charge on any atom is -0.493 e. The van der Waals surface area contributed by atoms with Crippen LogP contribution < -0.4 is 9.47 Å². The van der Waals surface area contributed by atoms with Gasteiger partial charge in [0, 0.05) is 26.2 Å². The molecule has 1 aliphatic rings. The van der Waals surface area contributed by atoms with Gasteiger partial charge in [0.05, 0.1) is 26.4 Å². The number of hydrogen-bond donors (Lipinski definition) is 0. The first-order valence-corrected chi connectivity index (χ1v) is 8.55. The van der Waals surface area contributed by atoms with Gasteiger partial charge < -0.3 is 23.7 Å². The Kier molecular flexibility index (Phi) is 5.78. The predicted molar refractivity (Wildman–Crippen MR) is 94.3 cm³/mol. The van der Waals surface area contributed by atoms with E-state index in [-0.39, 0.29) is 24.8 Å². The minimum absolute atomic E-state index is 0.0185. The number of para-hydroxylation sites is 2. The summed E-state index contributed by atoms with van der Waals surface area (Å²) in [7, 11) is 1.58. The highest BCUT2D eigenvalue weighted by molar-refractivity contribution is 5.91. The van der Waals surface area contributed by atoms with Crippen LogP contribution in [0.2, 0.25) is 0 Å². The largest absolute Gasteiger partial charge is 0.493 e. The highest BCUT2D eigenvalue weighted by Gasteiger charge is 2.25. The third-order valence-corrected chi connectivity index (χ3v) is 4.29. The third-order valence-electron chi connectivity index (χ3n) is 4.29. The average molecular weight is 358 g/mol. The molecule has 0 unspecified atom stereocenters. The van der Waals surface area contributed by atoms with Crippen LogP contribution in [0, 0.1) is 0 Å². The van der Waals surface area contributed by atoms with Crippen LogP contribution in [-0.2, 0) is 4.79 Å². The van der Waals surface area contributed by atoms with E-state index in [1.165, 1.54) is 6.26 Å².